The third-order valence-corrected chi connectivity index (χ3v) is 2.62. The van der Waals surface area contributed by atoms with Crippen molar-refractivity contribution < 1.29 is 9.47 Å². The Kier molecular flexibility index (Phi) is 7.61. The number of fused-ring (bicyclic) bond motifs is 1. The second-order valence-electron chi connectivity index (χ2n) is 3.93. The predicted octanol–water partition coefficient (Wildman–Crippen LogP) is 4.31. The minimum atomic E-state index is 0.608. The van der Waals surface area contributed by atoms with E-state index in [9.17, 15) is 0 Å². The van der Waals surface area contributed by atoms with Crippen molar-refractivity contribution in [1.82, 2.24) is 4.98 Å². The normalized spacial score (nSPS) is 11.3. The zero-order chi connectivity index (χ0) is 16.4. The Labute approximate surface area is 132 Å². The van der Waals surface area contributed by atoms with Crippen molar-refractivity contribution in [3.63, 3.8) is 0 Å². The van der Waals surface area contributed by atoms with Crippen molar-refractivity contribution >= 4 is 11.5 Å². The Morgan fingerprint density at radius 3 is 2.45 bits per heavy atom. The third kappa shape index (κ3) is 4.55. The Morgan fingerprint density at radius 1 is 1.09 bits per heavy atom. The van der Waals surface area contributed by atoms with E-state index < -0.39 is 0 Å². The number of rotatable bonds is 2. The monoisotopic (exact) mass is 303 g/mol. The van der Waals surface area contributed by atoms with Crippen LogP contribution in [0.1, 0.15) is 27.7 Å². The molecule has 0 radical (unpaired) electrons. The van der Waals surface area contributed by atoms with Crippen LogP contribution >= 0.6 is 0 Å². The van der Waals surface area contributed by atoms with Gasteiger partial charge in [0.25, 0.3) is 0 Å². The molecule has 5 nitrogen and oxygen atoms in total. The van der Waals surface area contributed by atoms with Crippen molar-refractivity contribution in [2.45, 2.75) is 27.7 Å². The lowest BCUT2D eigenvalue weighted by Crippen LogP contribution is -2.19. The second-order valence-corrected chi connectivity index (χ2v) is 3.93. The van der Waals surface area contributed by atoms with Crippen LogP contribution in [0.2, 0.25) is 0 Å². The van der Waals surface area contributed by atoms with E-state index in [0.29, 0.717) is 35.4 Å². The summed E-state index contributed by atoms with van der Waals surface area (Å²) < 4.78 is 11.3. The molecule has 1 aromatic carbocycles. The number of aromatic nitrogens is 1. The van der Waals surface area contributed by atoms with Crippen LogP contribution in [0.25, 0.3) is 0 Å². The van der Waals surface area contributed by atoms with Gasteiger partial charge < -0.3 is 20.5 Å². The second kappa shape index (κ2) is 9.50. The predicted molar refractivity (Wildman–Crippen MR) is 91.8 cm³/mol. The fourth-order valence-corrected chi connectivity index (χ4v) is 1.76. The number of pyridine rings is 1. The Morgan fingerprint density at radius 2 is 1.77 bits per heavy atom. The average Bonchev–Trinajstić information content (AvgIpc) is 2.61. The number of hydrogen-bond donors (Lipinski definition) is 2. The molecule has 3 rings (SSSR count). The van der Waals surface area contributed by atoms with Gasteiger partial charge in [0.2, 0.25) is 5.75 Å². The highest BCUT2D eigenvalue weighted by molar-refractivity contribution is 5.60. The van der Waals surface area contributed by atoms with Gasteiger partial charge in [-0.25, -0.2) is 4.98 Å². The van der Waals surface area contributed by atoms with E-state index in [1.54, 1.807) is 24.4 Å². The molecule has 1 aromatic heterocycles. The zero-order valence-corrected chi connectivity index (χ0v) is 13.7. The molecular formula is C17H25N3O2. The smallest absolute Gasteiger partial charge is 0.204 e. The van der Waals surface area contributed by atoms with Crippen LogP contribution in [0.4, 0.5) is 11.5 Å². The first-order valence-electron chi connectivity index (χ1n) is 7.72. The first-order chi connectivity index (χ1) is 10.8. The van der Waals surface area contributed by atoms with Crippen LogP contribution in [-0.2, 0) is 0 Å². The van der Waals surface area contributed by atoms with E-state index in [-0.39, 0.29) is 0 Å². The molecule has 3 N–H and O–H groups in total. The summed E-state index contributed by atoms with van der Waals surface area (Å²) in [5.41, 5.74) is 6.34. The van der Waals surface area contributed by atoms with Crippen molar-refractivity contribution in [2.75, 3.05) is 24.2 Å². The highest BCUT2D eigenvalue weighted by atomic mass is 16.5. The quantitative estimate of drug-likeness (QED) is 0.809. The molecule has 2 aromatic rings. The molecule has 120 valence electrons. The van der Waals surface area contributed by atoms with E-state index in [4.69, 9.17) is 15.2 Å². The molecule has 0 saturated carbocycles. The topological polar surface area (TPSA) is 69.4 Å². The third-order valence-electron chi connectivity index (χ3n) is 2.62. The fourth-order valence-electron chi connectivity index (χ4n) is 1.76. The summed E-state index contributed by atoms with van der Waals surface area (Å²) in [7, 11) is 0. The minimum absolute atomic E-state index is 0.608. The molecule has 0 spiro atoms. The highest BCUT2D eigenvalue weighted by Gasteiger charge is 2.16. The number of anilines is 2. The van der Waals surface area contributed by atoms with Crippen LogP contribution in [-0.4, -0.2) is 18.1 Å². The average molecular weight is 303 g/mol. The lowest BCUT2D eigenvalue weighted by molar-refractivity contribution is 0.304. The number of benzene rings is 1. The summed E-state index contributed by atoms with van der Waals surface area (Å²) in [6, 6.07) is 9.00. The van der Waals surface area contributed by atoms with Gasteiger partial charge in [0.1, 0.15) is 12.4 Å². The fraction of sp³-hybridized carbons (Fsp3) is 0.353. The lowest BCUT2D eigenvalue weighted by Gasteiger charge is -2.20. The summed E-state index contributed by atoms with van der Waals surface area (Å²) in [5.74, 6) is 2.73. The molecule has 2 heterocycles. The van der Waals surface area contributed by atoms with Gasteiger partial charge in [-0.1, -0.05) is 27.7 Å². The molecular weight excluding hydrogens is 278 g/mol. The molecule has 5 heteroatoms. The lowest BCUT2D eigenvalue weighted by atomic mass is 10.3. The van der Waals surface area contributed by atoms with Crippen LogP contribution < -0.4 is 20.5 Å². The Bertz CT molecular complexity index is 556. The Balaban J connectivity index is 0.000000561. The van der Waals surface area contributed by atoms with Gasteiger partial charge in [0.15, 0.2) is 11.6 Å². The van der Waals surface area contributed by atoms with Gasteiger partial charge in [-0.15, -0.1) is 0 Å². The number of nitrogens with one attached hydrogen (secondary N) is 1. The maximum Gasteiger partial charge on any atom is 0.204 e. The van der Waals surface area contributed by atoms with E-state index in [1.165, 1.54) is 0 Å². The van der Waals surface area contributed by atoms with Crippen molar-refractivity contribution in [3.8, 4) is 17.2 Å². The first kappa shape index (κ1) is 17.6. The number of nitrogens with zero attached hydrogens (tertiary/aromatic N) is 1. The SMILES string of the molecule is CC.CC.Nc1ccc(Oc2ccnc3c2OCCN3)cc1. The number of nitrogen functional groups attached to an aromatic ring is 1. The van der Waals surface area contributed by atoms with E-state index >= 15 is 0 Å². The summed E-state index contributed by atoms with van der Waals surface area (Å²) in [6.07, 6.45) is 1.69. The molecule has 0 saturated heterocycles. The maximum atomic E-state index is 5.77. The molecule has 0 aliphatic carbocycles. The van der Waals surface area contributed by atoms with E-state index in [0.717, 1.165) is 6.54 Å². The van der Waals surface area contributed by atoms with Gasteiger partial charge in [-0.3, -0.25) is 0 Å². The summed E-state index contributed by atoms with van der Waals surface area (Å²) in [6.45, 7) is 9.36. The van der Waals surface area contributed by atoms with Crippen LogP contribution in [0.15, 0.2) is 36.5 Å². The molecule has 1 aliphatic heterocycles. The zero-order valence-electron chi connectivity index (χ0n) is 13.7. The Hall–Kier alpha value is -2.43. The summed E-state index contributed by atoms with van der Waals surface area (Å²) >= 11 is 0. The number of hydrogen-bond acceptors (Lipinski definition) is 5. The standard InChI is InChI=1S/C13H13N3O2.2C2H6/c14-9-1-3-10(4-2-9)18-11-5-6-15-13-12(11)17-8-7-16-13;2*1-2/h1-6H,7-8,14H2,(H,15,16);2*1-2H3. The molecule has 22 heavy (non-hydrogen) atoms. The molecule has 1 aliphatic rings. The molecule has 0 bridgehead atoms. The van der Waals surface area contributed by atoms with E-state index in [2.05, 4.69) is 10.3 Å². The largest absolute Gasteiger partial charge is 0.485 e. The summed E-state index contributed by atoms with van der Waals surface area (Å²) in [4.78, 5) is 4.20. The van der Waals surface area contributed by atoms with Gasteiger partial charge in [-0.2, -0.15) is 0 Å². The summed E-state index contributed by atoms with van der Waals surface area (Å²) in [5, 5.41) is 3.16. The first-order valence-corrected chi connectivity index (χ1v) is 7.72. The molecule has 0 fully saturated rings. The van der Waals surface area contributed by atoms with E-state index in [1.807, 2.05) is 39.8 Å². The number of nitrogens with two attached hydrogens (primary N) is 1. The molecule has 0 unspecified atom stereocenters. The van der Waals surface area contributed by atoms with Gasteiger partial charge >= 0.3 is 0 Å². The number of ether oxygens (including phenoxy) is 2. The minimum Gasteiger partial charge on any atom is -0.485 e. The van der Waals surface area contributed by atoms with Gasteiger partial charge in [-0.05, 0) is 24.3 Å². The van der Waals surface area contributed by atoms with Crippen LogP contribution in [0, 0.1) is 0 Å². The molecule has 0 atom stereocenters. The van der Waals surface area contributed by atoms with Gasteiger partial charge in [0, 0.05) is 18.0 Å². The molecule has 0 amide bonds. The van der Waals surface area contributed by atoms with Crippen LogP contribution in [0.3, 0.4) is 0 Å². The maximum absolute atomic E-state index is 5.77. The van der Waals surface area contributed by atoms with Crippen molar-refractivity contribution in [1.29, 1.82) is 0 Å². The van der Waals surface area contributed by atoms with Crippen molar-refractivity contribution in [3.05, 3.63) is 36.5 Å². The highest BCUT2D eigenvalue weighted by Crippen LogP contribution is 2.37. The van der Waals surface area contributed by atoms with Crippen LogP contribution in [0.5, 0.6) is 17.2 Å². The van der Waals surface area contributed by atoms with Crippen molar-refractivity contribution in [2.24, 2.45) is 0 Å². The van der Waals surface area contributed by atoms with Gasteiger partial charge in [0.05, 0.1) is 6.54 Å².